The Labute approximate surface area is 108 Å². The zero-order valence-electron chi connectivity index (χ0n) is 11.2. The summed E-state index contributed by atoms with van der Waals surface area (Å²) in [5.74, 6) is -0.524. The molecule has 0 fully saturated rings. The summed E-state index contributed by atoms with van der Waals surface area (Å²) >= 11 is 0. The van der Waals surface area contributed by atoms with E-state index in [1.165, 1.54) is 26.7 Å². The Bertz CT molecular complexity index is 320. The van der Waals surface area contributed by atoms with Crippen LogP contribution in [0.25, 0.3) is 0 Å². The Morgan fingerprint density at radius 2 is 2.00 bits per heavy atom. The molecule has 0 heterocycles. The van der Waals surface area contributed by atoms with Crippen molar-refractivity contribution in [1.82, 2.24) is 0 Å². The minimum Gasteiger partial charge on any atom is -0.466 e. The highest BCUT2D eigenvalue weighted by Crippen LogP contribution is 2.23. The third kappa shape index (κ3) is 5.84. The minimum atomic E-state index is -0.273. The Morgan fingerprint density at radius 1 is 1.22 bits per heavy atom. The van der Waals surface area contributed by atoms with Gasteiger partial charge in [0.15, 0.2) is 0 Å². The number of allylic oxidation sites excluding steroid dienone is 1. The molecule has 0 spiro atoms. The highest BCUT2D eigenvalue weighted by Gasteiger charge is 2.18. The summed E-state index contributed by atoms with van der Waals surface area (Å²) in [6.07, 6.45) is 7.93. The van der Waals surface area contributed by atoms with Gasteiger partial charge in [-0.15, -0.1) is 0 Å². The lowest BCUT2D eigenvalue weighted by Gasteiger charge is -2.22. The van der Waals surface area contributed by atoms with Crippen LogP contribution >= 0.6 is 0 Å². The van der Waals surface area contributed by atoms with E-state index in [1.54, 1.807) is 0 Å². The summed E-state index contributed by atoms with van der Waals surface area (Å²) in [6.45, 7) is 3.19. The topological polar surface area (TPSA) is 52.6 Å². The normalized spacial score (nSPS) is 23.2. The zero-order valence-corrected chi connectivity index (χ0v) is 11.2. The molecule has 1 unspecified atom stereocenters. The largest absolute Gasteiger partial charge is 0.466 e. The molecule has 0 aromatic carbocycles. The van der Waals surface area contributed by atoms with Crippen molar-refractivity contribution in [2.45, 2.75) is 58.5 Å². The zero-order chi connectivity index (χ0) is 13.4. The van der Waals surface area contributed by atoms with E-state index >= 15 is 0 Å². The molecule has 1 rings (SSSR count). The van der Waals surface area contributed by atoms with Crippen LogP contribution in [0.4, 0.5) is 0 Å². The molecule has 0 aliphatic heterocycles. The van der Waals surface area contributed by atoms with E-state index in [4.69, 9.17) is 9.47 Å². The van der Waals surface area contributed by atoms with Gasteiger partial charge >= 0.3 is 11.9 Å². The van der Waals surface area contributed by atoms with Crippen LogP contribution < -0.4 is 0 Å². The lowest BCUT2D eigenvalue weighted by atomic mass is 9.95. The standard InChI is InChI=1S/C14H22O4/c1-11(15)17-10-9-13-7-5-3-4-6-8-14(13)18-12(2)16/h7,14H,3-6,8-10H2,1-2H3/b13-7-. The van der Waals surface area contributed by atoms with E-state index in [2.05, 4.69) is 6.08 Å². The molecular formula is C14H22O4. The second-order valence-corrected chi connectivity index (χ2v) is 4.61. The first-order chi connectivity index (χ1) is 8.59. The molecule has 0 saturated carbocycles. The van der Waals surface area contributed by atoms with Crippen LogP contribution in [0.5, 0.6) is 0 Å². The van der Waals surface area contributed by atoms with Crippen molar-refractivity contribution in [1.29, 1.82) is 0 Å². The van der Waals surface area contributed by atoms with E-state index < -0.39 is 0 Å². The second kappa shape index (κ2) is 7.90. The van der Waals surface area contributed by atoms with Crippen molar-refractivity contribution in [2.75, 3.05) is 6.61 Å². The van der Waals surface area contributed by atoms with Gasteiger partial charge in [0.05, 0.1) is 6.61 Å². The van der Waals surface area contributed by atoms with Gasteiger partial charge in [-0.3, -0.25) is 9.59 Å². The fourth-order valence-corrected chi connectivity index (χ4v) is 2.17. The van der Waals surface area contributed by atoms with Gasteiger partial charge in [-0.05, 0) is 31.3 Å². The third-order valence-electron chi connectivity index (χ3n) is 2.99. The van der Waals surface area contributed by atoms with Gasteiger partial charge in [-0.2, -0.15) is 0 Å². The number of hydrogen-bond donors (Lipinski definition) is 0. The summed E-state index contributed by atoms with van der Waals surface area (Å²) < 4.78 is 10.3. The molecule has 4 heteroatoms. The maximum Gasteiger partial charge on any atom is 0.303 e. The Morgan fingerprint density at radius 3 is 2.67 bits per heavy atom. The minimum absolute atomic E-state index is 0.140. The lowest BCUT2D eigenvalue weighted by Crippen LogP contribution is -2.21. The summed E-state index contributed by atoms with van der Waals surface area (Å²) in [4.78, 5) is 21.8. The summed E-state index contributed by atoms with van der Waals surface area (Å²) in [5, 5.41) is 0. The molecule has 0 radical (unpaired) electrons. The van der Waals surface area contributed by atoms with Crippen molar-refractivity contribution in [3.63, 3.8) is 0 Å². The highest BCUT2D eigenvalue weighted by atomic mass is 16.5. The molecule has 102 valence electrons. The van der Waals surface area contributed by atoms with Crippen molar-refractivity contribution >= 4 is 11.9 Å². The van der Waals surface area contributed by atoms with Crippen LogP contribution in [-0.4, -0.2) is 24.6 Å². The second-order valence-electron chi connectivity index (χ2n) is 4.61. The molecule has 1 atom stereocenters. The predicted octanol–water partition coefficient (Wildman–Crippen LogP) is 2.76. The molecular weight excluding hydrogens is 232 g/mol. The van der Waals surface area contributed by atoms with E-state index in [9.17, 15) is 9.59 Å². The number of rotatable bonds is 4. The molecule has 4 nitrogen and oxygen atoms in total. The Balaban J connectivity index is 2.58. The van der Waals surface area contributed by atoms with Crippen LogP contribution in [0.3, 0.4) is 0 Å². The fourth-order valence-electron chi connectivity index (χ4n) is 2.17. The first-order valence-electron chi connectivity index (χ1n) is 6.59. The van der Waals surface area contributed by atoms with Gasteiger partial charge in [0.1, 0.15) is 6.10 Å². The number of carbonyl (C=O) groups is 2. The van der Waals surface area contributed by atoms with Gasteiger partial charge in [0.2, 0.25) is 0 Å². The van der Waals surface area contributed by atoms with Crippen LogP contribution in [0.15, 0.2) is 11.6 Å². The molecule has 1 aliphatic carbocycles. The van der Waals surface area contributed by atoms with Gasteiger partial charge in [0, 0.05) is 20.3 Å². The maximum atomic E-state index is 11.1. The van der Waals surface area contributed by atoms with Crippen molar-refractivity contribution in [2.24, 2.45) is 0 Å². The van der Waals surface area contributed by atoms with E-state index in [-0.39, 0.29) is 18.0 Å². The first kappa shape index (κ1) is 14.7. The van der Waals surface area contributed by atoms with Crippen LogP contribution in [-0.2, 0) is 19.1 Å². The SMILES string of the molecule is CC(=O)OCC/C1=C/CCCCCC1OC(C)=O. The van der Waals surface area contributed by atoms with E-state index in [0.29, 0.717) is 13.0 Å². The molecule has 0 bridgehead atoms. The van der Waals surface area contributed by atoms with Crippen molar-refractivity contribution in [3.05, 3.63) is 11.6 Å². The fraction of sp³-hybridized carbons (Fsp3) is 0.714. The predicted molar refractivity (Wildman–Crippen MR) is 68.0 cm³/mol. The van der Waals surface area contributed by atoms with E-state index in [0.717, 1.165) is 24.8 Å². The van der Waals surface area contributed by atoms with Gasteiger partial charge < -0.3 is 9.47 Å². The molecule has 18 heavy (non-hydrogen) atoms. The van der Waals surface area contributed by atoms with Crippen LogP contribution in [0, 0.1) is 0 Å². The number of hydrogen-bond acceptors (Lipinski definition) is 4. The monoisotopic (exact) mass is 254 g/mol. The molecule has 1 aliphatic rings. The quantitative estimate of drug-likeness (QED) is 0.572. The molecule has 0 aromatic heterocycles. The maximum absolute atomic E-state index is 11.1. The van der Waals surface area contributed by atoms with Crippen molar-refractivity contribution < 1.29 is 19.1 Å². The van der Waals surface area contributed by atoms with Crippen LogP contribution in [0.2, 0.25) is 0 Å². The Kier molecular flexibility index (Phi) is 6.47. The summed E-state index contributed by atoms with van der Waals surface area (Å²) in [7, 11) is 0. The molecule has 0 aromatic rings. The van der Waals surface area contributed by atoms with E-state index in [1.807, 2.05) is 0 Å². The third-order valence-corrected chi connectivity index (χ3v) is 2.99. The number of esters is 2. The number of ether oxygens (including phenoxy) is 2. The smallest absolute Gasteiger partial charge is 0.303 e. The van der Waals surface area contributed by atoms with Crippen molar-refractivity contribution in [3.8, 4) is 0 Å². The average Bonchev–Trinajstić information content (AvgIpc) is 2.25. The van der Waals surface area contributed by atoms with Gasteiger partial charge in [-0.25, -0.2) is 0 Å². The first-order valence-corrected chi connectivity index (χ1v) is 6.59. The van der Waals surface area contributed by atoms with Gasteiger partial charge in [0.25, 0.3) is 0 Å². The number of carbonyl (C=O) groups excluding carboxylic acids is 2. The molecule has 0 amide bonds. The van der Waals surface area contributed by atoms with Gasteiger partial charge in [-0.1, -0.05) is 12.5 Å². The summed E-state index contributed by atoms with van der Waals surface area (Å²) in [6, 6.07) is 0. The Hall–Kier alpha value is -1.32. The summed E-state index contributed by atoms with van der Waals surface area (Å²) in [5.41, 5.74) is 1.09. The van der Waals surface area contributed by atoms with Crippen LogP contribution in [0.1, 0.15) is 52.4 Å². The molecule has 0 N–H and O–H groups in total. The average molecular weight is 254 g/mol. The molecule has 0 saturated heterocycles. The lowest BCUT2D eigenvalue weighted by molar-refractivity contribution is -0.146. The highest BCUT2D eigenvalue weighted by molar-refractivity contribution is 5.66.